The topological polar surface area (TPSA) is 109 Å². The van der Waals surface area contributed by atoms with E-state index in [4.69, 9.17) is 9.47 Å². The van der Waals surface area contributed by atoms with Crippen LogP contribution in [0.15, 0.2) is 60.7 Å². The number of methoxy groups -OCH3 is 1. The van der Waals surface area contributed by atoms with E-state index in [2.05, 4.69) is 33.0 Å². The summed E-state index contributed by atoms with van der Waals surface area (Å²) in [4.78, 5) is 42.8. The van der Waals surface area contributed by atoms with Gasteiger partial charge in [0, 0.05) is 38.8 Å². The van der Waals surface area contributed by atoms with Crippen LogP contribution in [0.2, 0.25) is 0 Å². The number of fused-ring (bicyclic) bond motifs is 1. The maximum atomic E-state index is 13.8. The first-order valence-corrected chi connectivity index (χ1v) is 15.4. The number of anilines is 1. The summed E-state index contributed by atoms with van der Waals surface area (Å²) < 4.78 is 11.0. The third-order valence-electron chi connectivity index (χ3n) is 9.09. The van der Waals surface area contributed by atoms with E-state index in [-0.39, 0.29) is 36.2 Å². The van der Waals surface area contributed by atoms with Crippen molar-refractivity contribution in [2.45, 2.75) is 57.5 Å². The van der Waals surface area contributed by atoms with Gasteiger partial charge in [0.25, 0.3) is 0 Å². The standard InChI is InChI=1S/C34H44N4O5/c1-24-11-12-30(42-2)28(20-24)35-31(39)23-38-17-13-27-26(22-38)10-6-7-14-34(15-18-43-19-16-34)33(41)37-29(32(40)36-27)21-25-8-4-3-5-9-25/h3-9,11-12,20,26-27,29H,10,13-19,21-23H2,1-2H3,(H,35,39)(H,36,40)(H,37,41)/b7-6+/t26-,27+,29-/m1/s1. The number of amides is 3. The maximum absolute atomic E-state index is 13.8. The van der Waals surface area contributed by atoms with Crippen LogP contribution in [0.1, 0.15) is 43.2 Å². The van der Waals surface area contributed by atoms with Gasteiger partial charge in [-0.2, -0.15) is 0 Å². The summed E-state index contributed by atoms with van der Waals surface area (Å²) in [6, 6.07) is 14.8. The molecule has 43 heavy (non-hydrogen) atoms. The fourth-order valence-corrected chi connectivity index (χ4v) is 6.51. The molecule has 0 radical (unpaired) electrons. The zero-order valence-corrected chi connectivity index (χ0v) is 25.3. The fourth-order valence-electron chi connectivity index (χ4n) is 6.51. The molecule has 2 fully saturated rings. The first-order chi connectivity index (χ1) is 20.8. The van der Waals surface area contributed by atoms with Crippen LogP contribution < -0.4 is 20.7 Å². The second kappa shape index (κ2) is 14.2. The highest BCUT2D eigenvalue weighted by molar-refractivity contribution is 5.94. The third kappa shape index (κ3) is 7.83. The number of benzene rings is 2. The number of hydrogen-bond donors (Lipinski definition) is 3. The molecule has 3 aliphatic rings. The van der Waals surface area contributed by atoms with Crippen molar-refractivity contribution in [2.75, 3.05) is 45.3 Å². The smallest absolute Gasteiger partial charge is 0.243 e. The van der Waals surface area contributed by atoms with Crippen LogP contribution in [0.5, 0.6) is 5.75 Å². The highest BCUT2D eigenvalue weighted by Crippen LogP contribution is 2.36. The second-order valence-electron chi connectivity index (χ2n) is 12.2. The van der Waals surface area contributed by atoms with Crippen LogP contribution >= 0.6 is 0 Å². The Hall–Kier alpha value is -3.69. The molecule has 3 atom stereocenters. The fraction of sp³-hybridized carbons (Fsp3) is 0.500. The van der Waals surface area contributed by atoms with Gasteiger partial charge in [-0.05, 0) is 68.2 Å². The molecule has 2 saturated heterocycles. The predicted molar refractivity (Wildman–Crippen MR) is 166 cm³/mol. The molecule has 5 rings (SSSR count). The van der Waals surface area contributed by atoms with Crippen molar-refractivity contribution in [2.24, 2.45) is 11.3 Å². The van der Waals surface area contributed by atoms with Crippen molar-refractivity contribution < 1.29 is 23.9 Å². The van der Waals surface area contributed by atoms with Gasteiger partial charge in [-0.3, -0.25) is 19.3 Å². The predicted octanol–water partition coefficient (Wildman–Crippen LogP) is 3.62. The van der Waals surface area contributed by atoms with Crippen molar-refractivity contribution in [1.29, 1.82) is 0 Å². The number of carbonyl (C=O) groups excluding carboxylic acids is 3. The monoisotopic (exact) mass is 588 g/mol. The number of likely N-dealkylation sites (tertiary alicyclic amines) is 1. The normalized spacial score (nSPS) is 25.3. The average Bonchev–Trinajstić information content (AvgIpc) is 3.00. The highest BCUT2D eigenvalue weighted by Gasteiger charge is 2.41. The van der Waals surface area contributed by atoms with E-state index < -0.39 is 11.5 Å². The van der Waals surface area contributed by atoms with Gasteiger partial charge in [0.1, 0.15) is 11.8 Å². The molecule has 2 aromatic rings. The van der Waals surface area contributed by atoms with Gasteiger partial charge >= 0.3 is 0 Å². The van der Waals surface area contributed by atoms with Crippen LogP contribution in [0.3, 0.4) is 0 Å². The van der Waals surface area contributed by atoms with Crippen LogP contribution in [0.4, 0.5) is 5.69 Å². The first kappa shape index (κ1) is 30.8. The van der Waals surface area contributed by atoms with Crippen LogP contribution in [0, 0.1) is 18.3 Å². The maximum Gasteiger partial charge on any atom is 0.243 e. The molecular weight excluding hydrogens is 544 g/mol. The van der Waals surface area contributed by atoms with E-state index in [1.54, 1.807) is 7.11 Å². The van der Waals surface area contributed by atoms with Gasteiger partial charge in [-0.25, -0.2) is 0 Å². The first-order valence-electron chi connectivity index (χ1n) is 15.4. The molecule has 2 aromatic carbocycles. The Labute approximate surface area is 254 Å². The van der Waals surface area contributed by atoms with Crippen LogP contribution in [0.25, 0.3) is 0 Å². The zero-order chi connectivity index (χ0) is 30.2. The minimum Gasteiger partial charge on any atom is -0.495 e. The third-order valence-corrected chi connectivity index (χ3v) is 9.09. The van der Waals surface area contributed by atoms with E-state index in [9.17, 15) is 14.4 Å². The lowest BCUT2D eigenvalue weighted by molar-refractivity contribution is -0.140. The summed E-state index contributed by atoms with van der Waals surface area (Å²) in [7, 11) is 1.59. The van der Waals surface area contributed by atoms with E-state index >= 15 is 0 Å². The molecular formula is C34H44N4O5. The number of nitrogens with zero attached hydrogens (tertiary/aromatic N) is 1. The Kier molecular flexibility index (Phi) is 10.1. The van der Waals surface area contributed by atoms with Crippen molar-refractivity contribution in [3.05, 3.63) is 71.8 Å². The van der Waals surface area contributed by atoms with Crippen molar-refractivity contribution >= 4 is 23.4 Å². The van der Waals surface area contributed by atoms with E-state index in [1.807, 2.05) is 55.5 Å². The van der Waals surface area contributed by atoms with E-state index in [1.165, 1.54) is 0 Å². The van der Waals surface area contributed by atoms with Gasteiger partial charge in [0.2, 0.25) is 17.7 Å². The molecule has 3 amide bonds. The summed E-state index contributed by atoms with van der Waals surface area (Å²) in [6.45, 7) is 4.67. The molecule has 0 aromatic heterocycles. The largest absolute Gasteiger partial charge is 0.495 e. The molecule has 3 N–H and O–H groups in total. The number of nitrogens with one attached hydrogen (secondary N) is 3. The minimum absolute atomic E-state index is 0.0556. The van der Waals surface area contributed by atoms with Crippen LogP contribution in [-0.2, 0) is 25.5 Å². The molecule has 0 saturated carbocycles. The molecule has 1 spiro atoms. The Balaban J connectivity index is 1.31. The molecule has 9 heteroatoms. The zero-order valence-electron chi connectivity index (χ0n) is 25.3. The number of ether oxygens (including phenoxy) is 2. The number of rotatable bonds is 6. The van der Waals surface area contributed by atoms with E-state index in [0.29, 0.717) is 63.4 Å². The summed E-state index contributed by atoms with van der Waals surface area (Å²) in [5.41, 5.74) is 2.11. The second-order valence-corrected chi connectivity index (χ2v) is 12.2. The Morgan fingerprint density at radius 3 is 2.65 bits per heavy atom. The van der Waals surface area contributed by atoms with Gasteiger partial charge in [0.05, 0.1) is 24.8 Å². The summed E-state index contributed by atoms with van der Waals surface area (Å²) in [6.07, 6.45) is 8.06. The molecule has 0 aliphatic carbocycles. The minimum atomic E-state index is -0.674. The number of hydrogen-bond acceptors (Lipinski definition) is 6. The lowest BCUT2D eigenvalue weighted by Crippen LogP contribution is -2.58. The van der Waals surface area contributed by atoms with E-state index in [0.717, 1.165) is 24.0 Å². The highest BCUT2D eigenvalue weighted by atomic mass is 16.5. The molecule has 9 nitrogen and oxygen atoms in total. The SMILES string of the molecule is COc1ccc(C)cc1NC(=O)CN1CC[C@@H]2NC(=O)[C@@H](Cc3ccccc3)NC(=O)C3(C/C=C/C[C@@H]2C1)CCOCC3. The molecule has 3 heterocycles. The molecule has 0 unspecified atom stereocenters. The van der Waals surface area contributed by atoms with Crippen molar-refractivity contribution in [3.8, 4) is 5.75 Å². The molecule has 3 aliphatic heterocycles. The Morgan fingerprint density at radius 1 is 1.09 bits per heavy atom. The average molecular weight is 589 g/mol. The summed E-state index contributed by atoms with van der Waals surface area (Å²) in [5.74, 6) is 0.441. The van der Waals surface area contributed by atoms with Crippen LogP contribution in [-0.4, -0.2) is 74.7 Å². The lowest BCUT2D eigenvalue weighted by atomic mass is 9.75. The lowest BCUT2D eigenvalue weighted by Gasteiger charge is -2.40. The van der Waals surface area contributed by atoms with Gasteiger partial charge in [-0.1, -0.05) is 48.6 Å². The number of piperidine rings is 1. The van der Waals surface area contributed by atoms with Gasteiger partial charge < -0.3 is 25.4 Å². The Morgan fingerprint density at radius 2 is 1.88 bits per heavy atom. The molecule has 230 valence electrons. The van der Waals surface area contributed by atoms with Crippen molar-refractivity contribution in [1.82, 2.24) is 15.5 Å². The quantitative estimate of drug-likeness (QED) is 0.445. The van der Waals surface area contributed by atoms with Crippen molar-refractivity contribution in [3.63, 3.8) is 0 Å². The molecule has 0 bridgehead atoms. The number of allylic oxidation sites excluding steroid dienone is 2. The Bertz CT molecular complexity index is 1310. The number of aryl methyl sites for hydroxylation is 1. The summed E-state index contributed by atoms with van der Waals surface area (Å²) in [5, 5.41) is 9.46. The number of carbonyl (C=O) groups is 3. The summed E-state index contributed by atoms with van der Waals surface area (Å²) >= 11 is 0. The van der Waals surface area contributed by atoms with Gasteiger partial charge in [0.15, 0.2) is 0 Å². The van der Waals surface area contributed by atoms with Gasteiger partial charge in [-0.15, -0.1) is 0 Å².